The average Bonchev–Trinajstić information content (AvgIpc) is 3.11. The van der Waals surface area contributed by atoms with Crippen molar-refractivity contribution in [2.45, 2.75) is 38.6 Å². The molecule has 1 aliphatic rings. The van der Waals surface area contributed by atoms with Crippen LogP contribution in [0.2, 0.25) is 0 Å². The first kappa shape index (κ1) is 18.7. The minimum absolute atomic E-state index is 0.0139. The van der Waals surface area contributed by atoms with Crippen molar-refractivity contribution < 1.29 is 9.59 Å². The number of hydrogen-bond acceptors (Lipinski definition) is 3. The summed E-state index contributed by atoms with van der Waals surface area (Å²) < 4.78 is 0. The second-order valence-electron chi connectivity index (χ2n) is 6.70. The Morgan fingerprint density at radius 2 is 2.26 bits per heavy atom. The van der Waals surface area contributed by atoms with Crippen LogP contribution in [-0.2, 0) is 29.0 Å². The molecular weight excluding hydrogens is 338 g/mol. The number of aromatic amines is 1. The highest BCUT2D eigenvalue weighted by molar-refractivity contribution is 5.91. The van der Waals surface area contributed by atoms with Crippen molar-refractivity contribution >= 4 is 11.7 Å². The van der Waals surface area contributed by atoms with Crippen LogP contribution in [0.4, 0.5) is 0 Å². The maximum atomic E-state index is 12.4. The van der Waals surface area contributed by atoms with E-state index >= 15 is 0 Å². The number of nitrogens with one attached hydrogen (secondary N) is 1. The summed E-state index contributed by atoms with van der Waals surface area (Å²) in [5.74, 6) is 2.69. The van der Waals surface area contributed by atoms with E-state index in [0.29, 0.717) is 32.4 Å². The number of H-pyrrole nitrogens is 1. The van der Waals surface area contributed by atoms with Gasteiger partial charge >= 0.3 is 0 Å². The fourth-order valence-electron chi connectivity index (χ4n) is 3.35. The molecule has 1 N–H and O–H groups in total. The zero-order valence-corrected chi connectivity index (χ0v) is 15.3. The first-order chi connectivity index (χ1) is 13.1. The molecule has 0 saturated heterocycles. The molecule has 5 nitrogen and oxygen atoms in total. The minimum Gasteiger partial charge on any atom is -0.338 e. The van der Waals surface area contributed by atoms with E-state index in [9.17, 15) is 9.59 Å². The summed E-state index contributed by atoms with van der Waals surface area (Å²) in [4.78, 5) is 26.0. The van der Waals surface area contributed by atoms with Crippen molar-refractivity contribution in [3.63, 3.8) is 0 Å². The number of rotatable bonds is 7. The van der Waals surface area contributed by atoms with Gasteiger partial charge < -0.3 is 4.90 Å². The summed E-state index contributed by atoms with van der Waals surface area (Å²) in [5.41, 5.74) is 4.85. The third-order valence-electron chi connectivity index (χ3n) is 4.80. The zero-order valence-electron chi connectivity index (χ0n) is 15.3. The summed E-state index contributed by atoms with van der Waals surface area (Å²) in [5, 5.41) is 7.59. The van der Waals surface area contributed by atoms with Crippen LogP contribution < -0.4 is 0 Å². The van der Waals surface area contributed by atoms with Crippen LogP contribution in [0.15, 0.2) is 36.9 Å². The van der Waals surface area contributed by atoms with Gasteiger partial charge in [-0.15, -0.1) is 12.3 Å². The quantitative estimate of drug-likeness (QED) is 0.468. The molecule has 1 amide bonds. The number of hydrogen-bond donors (Lipinski definition) is 1. The van der Waals surface area contributed by atoms with Crippen LogP contribution in [0, 0.1) is 12.3 Å². The van der Waals surface area contributed by atoms with Crippen LogP contribution >= 0.6 is 0 Å². The van der Waals surface area contributed by atoms with Gasteiger partial charge in [-0.3, -0.25) is 14.7 Å². The predicted octanol–water partition coefficient (Wildman–Crippen LogP) is 3.06. The molecular formula is C22H23N3O2. The summed E-state index contributed by atoms with van der Waals surface area (Å²) >= 11 is 0. The Morgan fingerprint density at radius 3 is 3.04 bits per heavy atom. The molecule has 0 atom stereocenters. The van der Waals surface area contributed by atoms with E-state index in [4.69, 9.17) is 6.42 Å². The third kappa shape index (κ3) is 4.35. The van der Waals surface area contributed by atoms with Crippen molar-refractivity contribution in [3.05, 3.63) is 53.7 Å². The zero-order chi connectivity index (χ0) is 19.2. The molecule has 3 rings (SSSR count). The molecule has 0 saturated carbocycles. The fourth-order valence-corrected chi connectivity index (χ4v) is 3.35. The van der Waals surface area contributed by atoms with Crippen LogP contribution in [0.3, 0.4) is 0 Å². The molecule has 138 valence electrons. The first-order valence-electron chi connectivity index (χ1n) is 9.14. The van der Waals surface area contributed by atoms with Crippen molar-refractivity contribution in [3.8, 4) is 23.6 Å². The van der Waals surface area contributed by atoms with Crippen molar-refractivity contribution in [2.75, 3.05) is 6.54 Å². The van der Waals surface area contributed by atoms with E-state index in [1.54, 1.807) is 0 Å². The SMILES string of the molecule is C#CCCCC(=O)N1CCc2[nH]nc(-c3cccc(CC(=O)C=C)c3)c2C1. The molecule has 1 aliphatic heterocycles. The number of allylic oxidation sites excluding steroid dienone is 1. The van der Waals surface area contributed by atoms with Gasteiger partial charge in [0, 0.05) is 55.6 Å². The lowest BCUT2D eigenvalue weighted by Crippen LogP contribution is -2.35. The third-order valence-corrected chi connectivity index (χ3v) is 4.80. The number of nitrogens with zero attached hydrogens (tertiary/aromatic N) is 2. The van der Waals surface area contributed by atoms with Crippen molar-refractivity contribution in [1.82, 2.24) is 15.1 Å². The largest absolute Gasteiger partial charge is 0.338 e. The molecule has 2 aromatic rings. The maximum absolute atomic E-state index is 12.4. The Bertz CT molecular complexity index is 905. The molecule has 0 bridgehead atoms. The van der Waals surface area contributed by atoms with E-state index in [1.165, 1.54) is 6.08 Å². The molecule has 27 heavy (non-hydrogen) atoms. The Balaban J connectivity index is 1.79. The van der Waals surface area contributed by atoms with Gasteiger partial charge in [-0.2, -0.15) is 5.10 Å². The number of carbonyl (C=O) groups excluding carboxylic acids is 2. The van der Waals surface area contributed by atoms with Gasteiger partial charge in [-0.05, 0) is 24.1 Å². The van der Waals surface area contributed by atoms with Crippen LogP contribution in [0.5, 0.6) is 0 Å². The monoisotopic (exact) mass is 361 g/mol. The van der Waals surface area contributed by atoms with Gasteiger partial charge in [0.25, 0.3) is 0 Å². The van der Waals surface area contributed by atoms with Gasteiger partial charge in [0.05, 0.1) is 5.69 Å². The molecule has 0 aliphatic carbocycles. The highest BCUT2D eigenvalue weighted by Gasteiger charge is 2.25. The Hall–Kier alpha value is -3.13. The number of carbonyl (C=O) groups is 2. The lowest BCUT2D eigenvalue weighted by atomic mass is 9.98. The van der Waals surface area contributed by atoms with Crippen LogP contribution in [0.1, 0.15) is 36.1 Å². The van der Waals surface area contributed by atoms with Gasteiger partial charge in [0.1, 0.15) is 0 Å². The smallest absolute Gasteiger partial charge is 0.222 e. The lowest BCUT2D eigenvalue weighted by molar-refractivity contribution is -0.132. The first-order valence-corrected chi connectivity index (χ1v) is 9.14. The molecule has 0 spiro atoms. The molecule has 0 unspecified atom stereocenters. The summed E-state index contributed by atoms with van der Waals surface area (Å²) in [7, 11) is 0. The van der Waals surface area contributed by atoms with E-state index in [-0.39, 0.29) is 11.7 Å². The highest BCUT2D eigenvalue weighted by Crippen LogP contribution is 2.29. The summed E-state index contributed by atoms with van der Waals surface area (Å²) in [6, 6.07) is 7.80. The second kappa shape index (κ2) is 8.50. The Kier molecular flexibility index (Phi) is 5.87. The van der Waals surface area contributed by atoms with Gasteiger partial charge in [-0.25, -0.2) is 0 Å². The highest BCUT2D eigenvalue weighted by atomic mass is 16.2. The number of amides is 1. The number of ketones is 1. The standard InChI is InChI=1S/C22H23N3O2/c1-3-5-6-10-21(27)25-12-11-20-19(15-25)22(24-23-20)17-9-7-8-16(13-17)14-18(26)4-2/h1,4,7-9,13H,2,5-6,10-12,14-15H2,(H,23,24). The van der Waals surface area contributed by atoms with Crippen molar-refractivity contribution in [1.29, 1.82) is 0 Å². The summed E-state index contributed by atoms with van der Waals surface area (Å²) in [6.45, 7) is 4.76. The maximum Gasteiger partial charge on any atom is 0.222 e. The number of terminal acetylenes is 1. The van der Waals surface area contributed by atoms with Gasteiger partial charge in [-0.1, -0.05) is 24.8 Å². The average molecular weight is 361 g/mol. The number of unbranched alkanes of at least 4 members (excludes halogenated alkanes) is 1. The number of benzene rings is 1. The van der Waals surface area contributed by atoms with E-state index in [2.05, 4.69) is 22.7 Å². The molecule has 5 heteroatoms. The predicted molar refractivity (Wildman–Crippen MR) is 105 cm³/mol. The van der Waals surface area contributed by atoms with Gasteiger partial charge in [0.15, 0.2) is 5.78 Å². The van der Waals surface area contributed by atoms with Crippen LogP contribution in [-0.4, -0.2) is 33.3 Å². The lowest BCUT2D eigenvalue weighted by Gasteiger charge is -2.27. The van der Waals surface area contributed by atoms with E-state index in [0.717, 1.165) is 40.9 Å². The number of aromatic nitrogens is 2. The fraction of sp³-hybridized carbons (Fsp3) is 0.318. The topological polar surface area (TPSA) is 66.1 Å². The summed E-state index contributed by atoms with van der Waals surface area (Å²) in [6.07, 6.45) is 9.51. The molecule has 0 radical (unpaired) electrons. The minimum atomic E-state index is -0.0139. The number of fused-ring (bicyclic) bond motifs is 1. The Labute approximate surface area is 159 Å². The molecule has 1 aromatic carbocycles. The second-order valence-corrected chi connectivity index (χ2v) is 6.70. The van der Waals surface area contributed by atoms with Gasteiger partial charge in [0.2, 0.25) is 5.91 Å². The van der Waals surface area contributed by atoms with E-state index < -0.39 is 0 Å². The van der Waals surface area contributed by atoms with Crippen LogP contribution in [0.25, 0.3) is 11.3 Å². The van der Waals surface area contributed by atoms with Crippen molar-refractivity contribution in [2.24, 2.45) is 0 Å². The normalized spacial score (nSPS) is 12.9. The molecule has 2 heterocycles. The Morgan fingerprint density at radius 1 is 1.41 bits per heavy atom. The molecule has 0 fully saturated rings. The van der Waals surface area contributed by atoms with E-state index in [1.807, 2.05) is 29.2 Å². The molecule has 1 aromatic heterocycles.